The summed E-state index contributed by atoms with van der Waals surface area (Å²) < 4.78 is 11.3. The molecule has 0 saturated heterocycles. The maximum Gasteiger partial charge on any atom is 0.224 e. The highest BCUT2D eigenvalue weighted by atomic mass is 16.5. The van der Waals surface area contributed by atoms with E-state index < -0.39 is 0 Å². The third kappa shape index (κ3) is 4.51. The van der Waals surface area contributed by atoms with Gasteiger partial charge in [-0.2, -0.15) is 0 Å². The minimum Gasteiger partial charge on any atom is -0.490 e. The molecule has 0 spiro atoms. The van der Waals surface area contributed by atoms with Gasteiger partial charge in [0.2, 0.25) is 5.91 Å². The number of amides is 1. The number of nitrogens with one attached hydrogen (secondary N) is 1. The van der Waals surface area contributed by atoms with E-state index in [0.717, 1.165) is 22.3 Å². The van der Waals surface area contributed by atoms with Crippen LogP contribution in [0.3, 0.4) is 0 Å². The number of hydrogen-bond donors (Lipinski definition) is 1. The third-order valence-corrected chi connectivity index (χ3v) is 3.87. The lowest BCUT2D eigenvalue weighted by atomic mass is 10.1. The van der Waals surface area contributed by atoms with Crippen LogP contribution in [-0.2, 0) is 4.79 Å². The number of rotatable bonds is 8. The van der Waals surface area contributed by atoms with Crippen LogP contribution in [0.1, 0.15) is 19.8 Å². The summed E-state index contributed by atoms with van der Waals surface area (Å²) in [5.41, 5.74) is 1.64. The van der Waals surface area contributed by atoms with Gasteiger partial charge in [0, 0.05) is 18.0 Å². The van der Waals surface area contributed by atoms with Crippen molar-refractivity contribution in [2.24, 2.45) is 0 Å². The van der Waals surface area contributed by atoms with Crippen LogP contribution in [0.4, 0.5) is 5.69 Å². The smallest absolute Gasteiger partial charge is 0.224 e. The lowest BCUT2D eigenvalue weighted by Crippen LogP contribution is -2.13. The maximum atomic E-state index is 12.2. The molecule has 0 atom stereocenters. The molecule has 3 aromatic rings. The molecule has 0 fully saturated rings. The van der Waals surface area contributed by atoms with Gasteiger partial charge in [-0.1, -0.05) is 18.2 Å². The van der Waals surface area contributed by atoms with Crippen LogP contribution in [0.2, 0.25) is 0 Å². The van der Waals surface area contributed by atoms with Gasteiger partial charge in [-0.3, -0.25) is 9.78 Å². The number of pyridine rings is 1. The van der Waals surface area contributed by atoms with Gasteiger partial charge >= 0.3 is 0 Å². The van der Waals surface area contributed by atoms with Gasteiger partial charge in [-0.25, -0.2) is 0 Å². The van der Waals surface area contributed by atoms with Crippen LogP contribution in [0.15, 0.2) is 60.8 Å². The second kappa shape index (κ2) is 8.85. The molecule has 2 aromatic carbocycles. The zero-order valence-electron chi connectivity index (χ0n) is 14.8. The first-order valence-electron chi connectivity index (χ1n) is 8.76. The molecule has 0 radical (unpaired) electrons. The molecule has 1 N–H and O–H groups in total. The Balaban J connectivity index is 1.50. The van der Waals surface area contributed by atoms with E-state index in [-0.39, 0.29) is 5.91 Å². The van der Waals surface area contributed by atoms with Crippen LogP contribution < -0.4 is 14.8 Å². The van der Waals surface area contributed by atoms with Crippen molar-refractivity contribution < 1.29 is 14.3 Å². The van der Waals surface area contributed by atoms with Crippen LogP contribution >= 0.6 is 0 Å². The van der Waals surface area contributed by atoms with Crippen LogP contribution in [0.25, 0.3) is 10.9 Å². The van der Waals surface area contributed by atoms with Crippen molar-refractivity contribution in [1.82, 2.24) is 4.98 Å². The van der Waals surface area contributed by atoms with E-state index in [2.05, 4.69) is 10.3 Å². The molecule has 0 aliphatic rings. The lowest BCUT2D eigenvalue weighted by molar-refractivity contribution is -0.116. The maximum absolute atomic E-state index is 12.2. The molecule has 5 nitrogen and oxygen atoms in total. The lowest BCUT2D eigenvalue weighted by Gasteiger charge is -2.12. The summed E-state index contributed by atoms with van der Waals surface area (Å²) in [6, 6.07) is 17.1. The van der Waals surface area contributed by atoms with Crippen LogP contribution in [-0.4, -0.2) is 24.1 Å². The number of anilines is 1. The Morgan fingerprint density at radius 3 is 2.62 bits per heavy atom. The molecule has 0 unspecified atom stereocenters. The number of nitrogens with zero attached hydrogens (tertiary/aromatic N) is 1. The van der Waals surface area contributed by atoms with E-state index in [4.69, 9.17) is 9.47 Å². The van der Waals surface area contributed by atoms with Crippen molar-refractivity contribution in [3.8, 4) is 11.5 Å². The summed E-state index contributed by atoms with van der Waals surface area (Å²) in [6.45, 7) is 2.97. The summed E-state index contributed by atoms with van der Waals surface area (Å²) in [7, 11) is 0. The predicted molar refractivity (Wildman–Crippen MR) is 103 cm³/mol. The first kappa shape index (κ1) is 17.7. The molecule has 0 saturated carbocycles. The molecular weight excluding hydrogens is 328 g/mol. The van der Waals surface area contributed by atoms with Gasteiger partial charge in [0.05, 0.1) is 24.4 Å². The number of aromatic nitrogens is 1. The molecule has 3 rings (SSSR count). The van der Waals surface area contributed by atoms with Gasteiger partial charge in [0.1, 0.15) is 0 Å². The second-order valence-electron chi connectivity index (χ2n) is 5.76. The van der Waals surface area contributed by atoms with Crippen molar-refractivity contribution in [1.29, 1.82) is 0 Å². The van der Waals surface area contributed by atoms with Crippen molar-refractivity contribution in [3.63, 3.8) is 0 Å². The van der Waals surface area contributed by atoms with Gasteiger partial charge in [0.25, 0.3) is 0 Å². The zero-order valence-corrected chi connectivity index (χ0v) is 14.8. The highest BCUT2D eigenvalue weighted by Gasteiger charge is 2.07. The number of fused-ring (bicyclic) bond motifs is 1. The van der Waals surface area contributed by atoms with Gasteiger partial charge in [-0.15, -0.1) is 0 Å². The SMILES string of the molecule is CCOc1ccccc1OCCCC(=O)Nc1cccc2ncccc12. The largest absolute Gasteiger partial charge is 0.490 e. The fraction of sp³-hybridized carbons (Fsp3) is 0.238. The molecule has 1 heterocycles. The Labute approximate surface area is 153 Å². The number of carbonyl (C=O) groups is 1. The molecule has 0 bridgehead atoms. The van der Waals surface area contributed by atoms with E-state index >= 15 is 0 Å². The van der Waals surface area contributed by atoms with E-state index in [1.54, 1.807) is 6.20 Å². The Morgan fingerprint density at radius 1 is 1.00 bits per heavy atom. The van der Waals surface area contributed by atoms with Gasteiger partial charge in [-0.05, 0) is 49.7 Å². The molecule has 134 valence electrons. The average molecular weight is 350 g/mol. The number of hydrogen-bond acceptors (Lipinski definition) is 4. The molecule has 0 aliphatic heterocycles. The van der Waals surface area contributed by atoms with Crippen LogP contribution in [0.5, 0.6) is 11.5 Å². The summed E-state index contributed by atoms with van der Waals surface area (Å²) in [4.78, 5) is 16.5. The van der Waals surface area contributed by atoms with E-state index in [1.165, 1.54) is 0 Å². The molecule has 1 amide bonds. The summed E-state index contributed by atoms with van der Waals surface area (Å²) in [6.07, 6.45) is 2.74. The molecule has 5 heteroatoms. The number of para-hydroxylation sites is 2. The highest BCUT2D eigenvalue weighted by molar-refractivity contribution is 6.00. The standard InChI is InChI=1S/C21H22N2O3/c1-2-25-19-11-3-4-12-20(19)26-15-7-13-21(24)23-18-10-5-9-17-16(18)8-6-14-22-17/h3-6,8-12,14H,2,7,13,15H2,1H3,(H,23,24). The average Bonchev–Trinajstić information content (AvgIpc) is 2.67. The normalized spacial score (nSPS) is 10.5. The summed E-state index contributed by atoms with van der Waals surface area (Å²) >= 11 is 0. The molecule has 26 heavy (non-hydrogen) atoms. The first-order chi connectivity index (χ1) is 12.8. The predicted octanol–water partition coefficient (Wildman–Crippen LogP) is 4.43. The van der Waals surface area contributed by atoms with E-state index in [9.17, 15) is 4.79 Å². The zero-order chi connectivity index (χ0) is 18.2. The summed E-state index contributed by atoms with van der Waals surface area (Å²) in [5, 5.41) is 3.89. The first-order valence-corrected chi connectivity index (χ1v) is 8.76. The van der Waals surface area contributed by atoms with Crippen molar-refractivity contribution in [3.05, 3.63) is 60.8 Å². The fourth-order valence-corrected chi connectivity index (χ4v) is 2.68. The monoisotopic (exact) mass is 350 g/mol. The van der Waals surface area contributed by atoms with Gasteiger partial charge in [0.15, 0.2) is 11.5 Å². The van der Waals surface area contributed by atoms with Crippen molar-refractivity contribution in [2.45, 2.75) is 19.8 Å². The number of ether oxygens (including phenoxy) is 2. The highest BCUT2D eigenvalue weighted by Crippen LogP contribution is 2.26. The number of benzene rings is 2. The molecule has 0 aliphatic carbocycles. The minimum absolute atomic E-state index is 0.0388. The molecule has 1 aromatic heterocycles. The van der Waals surface area contributed by atoms with Crippen molar-refractivity contribution in [2.75, 3.05) is 18.5 Å². The minimum atomic E-state index is -0.0388. The Morgan fingerprint density at radius 2 is 1.81 bits per heavy atom. The quantitative estimate of drug-likeness (QED) is 0.611. The van der Waals surface area contributed by atoms with Crippen molar-refractivity contribution >= 4 is 22.5 Å². The third-order valence-electron chi connectivity index (χ3n) is 3.87. The van der Waals surface area contributed by atoms with E-state index in [1.807, 2.05) is 61.5 Å². The Bertz CT molecular complexity index is 875. The topological polar surface area (TPSA) is 60.5 Å². The number of carbonyl (C=O) groups excluding carboxylic acids is 1. The molecular formula is C21H22N2O3. The van der Waals surface area contributed by atoms with E-state index in [0.29, 0.717) is 31.8 Å². The fourth-order valence-electron chi connectivity index (χ4n) is 2.68. The van der Waals surface area contributed by atoms with Gasteiger partial charge < -0.3 is 14.8 Å². The Kier molecular flexibility index (Phi) is 6.04. The summed E-state index contributed by atoms with van der Waals surface area (Å²) in [5.74, 6) is 1.39. The van der Waals surface area contributed by atoms with Crippen LogP contribution in [0, 0.1) is 0 Å². The Hall–Kier alpha value is -3.08. The second-order valence-corrected chi connectivity index (χ2v) is 5.76.